The van der Waals surface area contributed by atoms with E-state index in [1.807, 2.05) is 60.7 Å². The number of nitriles is 1. The molecule has 4 N–H and O–H groups in total. The van der Waals surface area contributed by atoms with Crippen molar-refractivity contribution in [2.75, 3.05) is 12.3 Å². The van der Waals surface area contributed by atoms with Crippen molar-refractivity contribution in [1.29, 1.82) is 5.26 Å². The number of anilines is 1. The quantitative estimate of drug-likeness (QED) is 0.450. The number of hydrogen-bond acceptors (Lipinski definition) is 5. The minimum Gasteiger partial charge on any atom is -0.382 e. The first-order valence-electron chi connectivity index (χ1n) is 10.4. The predicted molar refractivity (Wildman–Crippen MR) is 122 cm³/mol. The van der Waals surface area contributed by atoms with Gasteiger partial charge in [-0.25, -0.2) is 4.68 Å². The predicted octanol–water partition coefficient (Wildman–Crippen LogP) is 2.64. The summed E-state index contributed by atoms with van der Waals surface area (Å²) >= 11 is 0. The number of rotatable bonds is 9. The van der Waals surface area contributed by atoms with Gasteiger partial charge in [0, 0.05) is 13.5 Å². The summed E-state index contributed by atoms with van der Waals surface area (Å²) < 4.78 is 1.56. The summed E-state index contributed by atoms with van der Waals surface area (Å²) in [4.78, 5) is 24.0. The molecular formula is C24H26N6O2. The van der Waals surface area contributed by atoms with E-state index in [0.29, 0.717) is 36.5 Å². The number of aryl methyl sites for hydroxylation is 1. The summed E-state index contributed by atoms with van der Waals surface area (Å²) in [7, 11) is 0. The molecule has 3 aromatic rings. The maximum atomic E-state index is 12.4. The standard InChI is InChI=1S/C24H26N6O2/c1-17(31)28-22(18-9-4-2-5-10-18)15-23(32)27-14-8-13-21-20(16-25)24(26)30(29-21)19-11-6-3-7-12-19/h2-7,9-12,22H,8,13-15,26H2,1H3,(H,27,32)(H,28,31). The lowest BCUT2D eigenvalue weighted by molar-refractivity contribution is -0.122. The van der Waals surface area contributed by atoms with Gasteiger partial charge in [0.2, 0.25) is 11.8 Å². The smallest absolute Gasteiger partial charge is 0.222 e. The number of nitrogens with two attached hydrogens (primary N) is 1. The number of nitrogen functional groups attached to an aromatic ring is 1. The highest BCUT2D eigenvalue weighted by molar-refractivity contribution is 5.79. The van der Waals surface area contributed by atoms with Gasteiger partial charge < -0.3 is 16.4 Å². The maximum absolute atomic E-state index is 12.4. The molecule has 2 aromatic carbocycles. The van der Waals surface area contributed by atoms with Crippen molar-refractivity contribution < 1.29 is 9.59 Å². The van der Waals surface area contributed by atoms with Crippen molar-refractivity contribution >= 4 is 17.6 Å². The fraction of sp³-hybridized carbons (Fsp3) is 0.250. The molecule has 0 fully saturated rings. The van der Waals surface area contributed by atoms with E-state index < -0.39 is 0 Å². The Kier molecular flexibility index (Phi) is 7.60. The van der Waals surface area contributed by atoms with Crippen molar-refractivity contribution in [3.8, 4) is 11.8 Å². The second kappa shape index (κ2) is 10.8. The zero-order valence-corrected chi connectivity index (χ0v) is 17.9. The largest absolute Gasteiger partial charge is 0.382 e. The third-order valence-corrected chi connectivity index (χ3v) is 4.99. The molecule has 2 amide bonds. The van der Waals surface area contributed by atoms with Gasteiger partial charge in [0.1, 0.15) is 17.5 Å². The summed E-state index contributed by atoms with van der Waals surface area (Å²) in [6.45, 7) is 1.85. The van der Waals surface area contributed by atoms with E-state index in [-0.39, 0.29) is 24.3 Å². The third-order valence-electron chi connectivity index (χ3n) is 4.99. The molecule has 0 aliphatic rings. The monoisotopic (exact) mass is 430 g/mol. The van der Waals surface area contributed by atoms with Crippen LogP contribution in [0.1, 0.15) is 42.6 Å². The second-order valence-electron chi connectivity index (χ2n) is 7.39. The summed E-state index contributed by atoms with van der Waals surface area (Å²) in [6, 6.07) is 20.5. The fourth-order valence-electron chi connectivity index (χ4n) is 3.47. The number of aromatic nitrogens is 2. The average Bonchev–Trinajstić information content (AvgIpc) is 3.12. The van der Waals surface area contributed by atoms with Gasteiger partial charge in [-0.15, -0.1) is 0 Å². The molecule has 0 spiro atoms. The molecule has 0 radical (unpaired) electrons. The van der Waals surface area contributed by atoms with Crippen LogP contribution in [0.4, 0.5) is 5.82 Å². The normalized spacial score (nSPS) is 11.4. The van der Waals surface area contributed by atoms with Crippen LogP contribution < -0.4 is 16.4 Å². The van der Waals surface area contributed by atoms with E-state index in [1.54, 1.807) is 4.68 Å². The fourth-order valence-corrected chi connectivity index (χ4v) is 3.47. The van der Waals surface area contributed by atoms with E-state index in [0.717, 1.165) is 11.3 Å². The molecule has 1 unspecified atom stereocenters. The first-order valence-corrected chi connectivity index (χ1v) is 10.4. The molecule has 32 heavy (non-hydrogen) atoms. The summed E-state index contributed by atoms with van der Waals surface area (Å²) in [5, 5.41) is 19.7. The van der Waals surface area contributed by atoms with Crippen LogP contribution in [0.3, 0.4) is 0 Å². The second-order valence-corrected chi connectivity index (χ2v) is 7.39. The van der Waals surface area contributed by atoms with E-state index in [1.165, 1.54) is 6.92 Å². The Morgan fingerprint density at radius 2 is 1.78 bits per heavy atom. The molecule has 8 heteroatoms. The molecule has 1 atom stereocenters. The summed E-state index contributed by atoms with van der Waals surface area (Å²) in [6.07, 6.45) is 1.24. The molecule has 0 saturated carbocycles. The highest BCUT2D eigenvalue weighted by atomic mass is 16.2. The van der Waals surface area contributed by atoms with Gasteiger partial charge in [-0.2, -0.15) is 10.4 Å². The van der Waals surface area contributed by atoms with Gasteiger partial charge in [0.25, 0.3) is 0 Å². The lowest BCUT2D eigenvalue weighted by Crippen LogP contribution is -2.33. The van der Waals surface area contributed by atoms with E-state index in [4.69, 9.17) is 5.73 Å². The first-order chi connectivity index (χ1) is 15.5. The molecule has 8 nitrogen and oxygen atoms in total. The minimum atomic E-state index is -0.389. The number of nitrogens with one attached hydrogen (secondary N) is 2. The third kappa shape index (κ3) is 5.73. The molecular weight excluding hydrogens is 404 g/mol. The van der Waals surface area contributed by atoms with Gasteiger partial charge in [0.15, 0.2) is 0 Å². The van der Waals surface area contributed by atoms with Crippen LogP contribution in [0.15, 0.2) is 60.7 Å². The first kappa shape index (κ1) is 22.6. The zero-order valence-electron chi connectivity index (χ0n) is 17.9. The van der Waals surface area contributed by atoms with Crippen molar-refractivity contribution in [3.05, 3.63) is 77.5 Å². The number of nitrogens with zero attached hydrogens (tertiary/aromatic N) is 3. The van der Waals surface area contributed by atoms with Crippen LogP contribution in [0.25, 0.3) is 5.69 Å². The Bertz CT molecular complexity index is 1100. The average molecular weight is 431 g/mol. The molecule has 0 aliphatic heterocycles. The maximum Gasteiger partial charge on any atom is 0.222 e. The van der Waals surface area contributed by atoms with Crippen molar-refractivity contribution in [3.63, 3.8) is 0 Å². The SMILES string of the molecule is CC(=O)NC(CC(=O)NCCCc1nn(-c2ccccc2)c(N)c1C#N)c1ccccc1. The highest BCUT2D eigenvalue weighted by Crippen LogP contribution is 2.21. The molecule has 1 heterocycles. The zero-order chi connectivity index (χ0) is 22.9. The van der Waals surface area contributed by atoms with Crippen molar-refractivity contribution in [2.45, 2.75) is 32.2 Å². The van der Waals surface area contributed by atoms with Gasteiger partial charge in [-0.1, -0.05) is 48.5 Å². The summed E-state index contributed by atoms with van der Waals surface area (Å²) in [5.74, 6) is -0.0524. The van der Waals surface area contributed by atoms with Crippen LogP contribution in [0.2, 0.25) is 0 Å². The Morgan fingerprint density at radius 3 is 2.41 bits per heavy atom. The number of para-hydroxylation sites is 1. The van der Waals surface area contributed by atoms with Crippen molar-refractivity contribution in [1.82, 2.24) is 20.4 Å². The topological polar surface area (TPSA) is 126 Å². The number of hydrogen-bond donors (Lipinski definition) is 3. The van der Waals surface area contributed by atoms with Crippen LogP contribution in [0, 0.1) is 11.3 Å². The van der Waals surface area contributed by atoms with Gasteiger partial charge >= 0.3 is 0 Å². The molecule has 0 aliphatic carbocycles. The number of benzene rings is 2. The Hall–Kier alpha value is -4.12. The molecule has 0 saturated heterocycles. The van der Waals surface area contributed by atoms with Crippen LogP contribution >= 0.6 is 0 Å². The lowest BCUT2D eigenvalue weighted by atomic mass is 10.0. The Labute approximate surface area is 187 Å². The van der Waals surface area contributed by atoms with E-state index in [2.05, 4.69) is 21.8 Å². The summed E-state index contributed by atoms with van der Waals surface area (Å²) in [5.41, 5.74) is 8.74. The van der Waals surface area contributed by atoms with Crippen LogP contribution in [-0.4, -0.2) is 28.1 Å². The van der Waals surface area contributed by atoms with Gasteiger partial charge in [-0.05, 0) is 30.5 Å². The Balaban J connectivity index is 1.56. The molecule has 3 rings (SSSR count). The molecule has 164 valence electrons. The van der Waals surface area contributed by atoms with Crippen LogP contribution in [-0.2, 0) is 16.0 Å². The Morgan fingerprint density at radius 1 is 1.12 bits per heavy atom. The number of amides is 2. The van der Waals surface area contributed by atoms with Crippen molar-refractivity contribution in [2.24, 2.45) is 0 Å². The lowest BCUT2D eigenvalue weighted by Gasteiger charge is -2.18. The van der Waals surface area contributed by atoms with Gasteiger partial charge in [0.05, 0.1) is 23.8 Å². The van der Waals surface area contributed by atoms with Gasteiger partial charge in [-0.3, -0.25) is 9.59 Å². The highest BCUT2D eigenvalue weighted by Gasteiger charge is 2.18. The minimum absolute atomic E-state index is 0.141. The number of carbonyl (C=O) groups excluding carboxylic acids is 2. The number of carbonyl (C=O) groups is 2. The van der Waals surface area contributed by atoms with E-state index in [9.17, 15) is 14.9 Å². The van der Waals surface area contributed by atoms with Crippen LogP contribution in [0.5, 0.6) is 0 Å². The van der Waals surface area contributed by atoms with E-state index >= 15 is 0 Å². The molecule has 1 aromatic heterocycles. The molecule has 0 bridgehead atoms.